The lowest BCUT2D eigenvalue weighted by molar-refractivity contribution is 0.0688. The lowest BCUT2D eigenvalue weighted by Gasteiger charge is -2.49. The van der Waals surface area contributed by atoms with E-state index in [9.17, 15) is 0 Å². The summed E-state index contributed by atoms with van der Waals surface area (Å²) in [6.45, 7) is 1.12. The van der Waals surface area contributed by atoms with Crippen LogP contribution < -0.4 is 5.32 Å². The monoisotopic (exact) mass is 297 g/mol. The van der Waals surface area contributed by atoms with Crippen molar-refractivity contribution in [3.63, 3.8) is 0 Å². The standard InChI is InChI=1S/C16H21Cl2N/c1-19-9-13-10-2-4-11(5-3-10)16(13)12-6-7-14(17)15(18)8-12/h6-8,10-11,13,16,19H,2-5,9H2,1H3. The van der Waals surface area contributed by atoms with E-state index in [-0.39, 0.29) is 0 Å². The van der Waals surface area contributed by atoms with E-state index >= 15 is 0 Å². The summed E-state index contributed by atoms with van der Waals surface area (Å²) in [5, 5.41) is 4.75. The third-order valence-corrected chi connectivity index (χ3v) is 5.90. The molecule has 0 aromatic heterocycles. The van der Waals surface area contributed by atoms with E-state index in [1.165, 1.54) is 31.2 Å². The Bertz CT molecular complexity index is 452. The van der Waals surface area contributed by atoms with Gasteiger partial charge in [0.05, 0.1) is 10.0 Å². The maximum atomic E-state index is 6.21. The van der Waals surface area contributed by atoms with Gasteiger partial charge < -0.3 is 5.32 Å². The summed E-state index contributed by atoms with van der Waals surface area (Å²) in [5.74, 6) is 3.14. The van der Waals surface area contributed by atoms with Crippen molar-refractivity contribution in [2.24, 2.45) is 17.8 Å². The maximum absolute atomic E-state index is 6.21. The molecule has 1 aromatic rings. The molecule has 2 unspecified atom stereocenters. The van der Waals surface area contributed by atoms with Crippen LogP contribution in [-0.4, -0.2) is 13.6 Å². The predicted octanol–water partition coefficient (Wildman–Crippen LogP) is 4.73. The Hall–Kier alpha value is -0.240. The molecule has 3 saturated carbocycles. The summed E-state index contributed by atoms with van der Waals surface area (Å²) in [5.41, 5.74) is 1.39. The van der Waals surface area contributed by atoms with Gasteiger partial charge in [0.1, 0.15) is 0 Å². The van der Waals surface area contributed by atoms with Crippen LogP contribution in [0.5, 0.6) is 0 Å². The van der Waals surface area contributed by atoms with Gasteiger partial charge in [-0.2, -0.15) is 0 Å². The molecule has 1 nitrogen and oxygen atoms in total. The number of fused-ring (bicyclic) bond motifs is 3. The molecule has 3 aliphatic carbocycles. The van der Waals surface area contributed by atoms with Crippen LogP contribution in [0, 0.1) is 17.8 Å². The molecular formula is C16H21Cl2N. The van der Waals surface area contributed by atoms with Crippen LogP contribution in [-0.2, 0) is 0 Å². The molecule has 3 fully saturated rings. The Morgan fingerprint density at radius 2 is 1.74 bits per heavy atom. The fraction of sp³-hybridized carbons (Fsp3) is 0.625. The van der Waals surface area contributed by atoms with Crippen molar-refractivity contribution in [3.05, 3.63) is 33.8 Å². The largest absolute Gasteiger partial charge is 0.319 e. The molecule has 1 aromatic carbocycles. The fourth-order valence-electron chi connectivity index (χ4n) is 4.34. The number of rotatable bonds is 3. The summed E-state index contributed by atoms with van der Waals surface area (Å²) >= 11 is 12.3. The highest BCUT2D eigenvalue weighted by Crippen LogP contribution is 2.53. The molecular weight excluding hydrogens is 277 g/mol. The van der Waals surface area contributed by atoms with Crippen molar-refractivity contribution >= 4 is 23.2 Å². The Kier molecular flexibility index (Phi) is 4.07. The topological polar surface area (TPSA) is 12.0 Å². The third kappa shape index (κ3) is 2.53. The normalized spacial score (nSPS) is 33.6. The molecule has 2 atom stereocenters. The summed E-state index contributed by atoms with van der Waals surface area (Å²) in [4.78, 5) is 0. The number of nitrogens with one attached hydrogen (secondary N) is 1. The molecule has 0 radical (unpaired) electrons. The highest BCUT2D eigenvalue weighted by molar-refractivity contribution is 6.42. The van der Waals surface area contributed by atoms with E-state index in [0.717, 1.165) is 24.3 Å². The van der Waals surface area contributed by atoms with E-state index in [4.69, 9.17) is 23.2 Å². The molecule has 0 heterocycles. The average molecular weight is 298 g/mol. The van der Waals surface area contributed by atoms with Gasteiger partial charge in [0, 0.05) is 0 Å². The molecule has 3 aliphatic rings. The van der Waals surface area contributed by atoms with E-state index in [1.54, 1.807) is 0 Å². The van der Waals surface area contributed by atoms with Crippen LogP contribution in [0.1, 0.15) is 37.2 Å². The SMILES string of the molecule is CNCC1C2CCC(CC2)C1c1ccc(Cl)c(Cl)c1. The maximum Gasteiger partial charge on any atom is 0.0595 e. The number of hydrogen-bond donors (Lipinski definition) is 1. The number of benzene rings is 1. The Balaban J connectivity index is 1.93. The quantitative estimate of drug-likeness (QED) is 0.850. The minimum atomic E-state index is 0.662. The predicted molar refractivity (Wildman–Crippen MR) is 82.1 cm³/mol. The number of hydrogen-bond acceptors (Lipinski definition) is 1. The minimum absolute atomic E-state index is 0.662. The van der Waals surface area contributed by atoms with Gasteiger partial charge in [-0.1, -0.05) is 29.3 Å². The molecule has 0 spiro atoms. The van der Waals surface area contributed by atoms with Gasteiger partial charge in [-0.15, -0.1) is 0 Å². The van der Waals surface area contributed by atoms with Crippen LogP contribution in [0.4, 0.5) is 0 Å². The van der Waals surface area contributed by atoms with Crippen LogP contribution in [0.25, 0.3) is 0 Å². The van der Waals surface area contributed by atoms with E-state index < -0.39 is 0 Å². The summed E-state index contributed by atoms with van der Waals surface area (Å²) < 4.78 is 0. The van der Waals surface area contributed by atoms with Crippen molar-refractivity contribution in [3.8, 4) is 0 Å². The van der Waals surface area contributed by atoms with Gasteiger partial charge in [0.25, 0.3) is 0 Å². The fourth-order valence-corrected chi connectivity index (χ4v) is 4.65. The molecule has 0 saturated heterocycles. The first-order chi connectivity index (χ1) is 9.20. The minimum Gasteiger partial charge on any atom is -0.319 e. The summed E-state index contributed by atoms with van der Waals surface area (Å²) in [6, 6.07) is 6.23. The Labute approximate surface area is 125 Å². The van der Waals surface area contributed by atoms with Crippen molar-refractivity contribution in [2.45, 2.75) is 31.6 Å². The van der Waals surface area contributed by atoms with E-state index in [2.05, 4.69) is 24.5 Å². The lowest BCUT2D eigenvalue weighted by Crippen LogP contribution is -2.42. The molecule has 0 aliphatic heterocycles. The first-order valence-corrected chi connectivity index (χ1v) is 8.06. The van der Waals surface area contributed by atoms with Crippen LogP contribution >= 0.6 is 23.2 Å². The van der Waals surface area contributed by atoms with Gasteiger partial charge in [-0.25, -0.2) is 0 Å². The second-order valence-corrected chi connectivity index (χ2v) is 6.91. The third-order valence-electron chi connectivity index (χ3n) is 5.16. The highest BCUT2D eigenvalue weighted by atomic mass is 35.5. The molecule has 19 heavy (non-hydrogen) atoms. The average Bonchev–Trinajstić information content (AvgIpc) is 2.44. The highest BCUT2D eigenvalue weighted by Gasteiger charge is 2.43. The van der Waals surface area contributed by atoms with Crippen LogP contribution in [0.3, 0.4) is 0 Å². The van der Waals surface area contributed by atoms with Crippen LogP contribution in [0.15, 0.2) is 18.2 Å². The van der Waals surface area contributed by atoms with Crippen molar-refractivity contribution in [1.29, 1.82) is 0 Å². The van der Waals surface area contributed by atoms with Crippen molar-refractivity contribution in [2.75, 3.05) is 13.6 Å². The Morgan fingerprint density at radius 3 is 2.37 bits per heavy atom. The van der Waals surface area contributed by atoms with Gasteiger partial charge in [0.2, 0.25) is 0 Å². The van der Waals surface area contributed by atoms with Gasteiger partial charge >= 0.3 is 0 Å². The summed E-state index contributed by atoms with van der Waals surface area (Å²) in [7, 11) is 2.06. The molecule has 2 bridgehead atoms. The van der Waals surface area contributed by atoms with E-state index in [0.29, 0.717) is 16.0 Å². The second-order valence-electron chi connectivity index (χ2n) is 6.10. The molecule has 3 heteroatoms. The molecule has 4 rings (SSSR count). The van der Waals surface area contributed by atoms with E-state index in [1.807, 2.05) is 6.07 Å². The van der Waals surface area contributed by atoms with Gasteiger partial charge in [-0.3, -0.25) is 0 Å². The van der Waals surface area contributed by atoms with Gasteiger partial charge in [0.15, 0.2) is 0 Å². The first kappa shape index (κ1) is 13.7. The van der Waals surface area contributed by atoms with Crippen molar-refractivity contribution in [1.82, 2.24) is 5.32 Å². The lowest BCUT2D eigenvalue weighted by atomic mass is 9.57. The zero-order valence-electron chi connectivity index (χ0n) is 11.3. The smallest absolute Gasteiger partial charge is 0.0595 e. The molecule has 104 valence electrons. The molecule has 1 N–H and O–H groups in total. The van der Waals surface area contributed by atoms with Crippen molar-refractivity contribution < 1.29 is 0 Å². The zero-order valence-corrected chi connectivity index (χ0v) is 12.8. The second kappa shape index (κ2) is 5.63. The Morgan fingerprint density at radius 1 is 1.05 bits per heavy atom. The van der Waals surface area contributed by atoms with Crippen LogP contribution in [0.2, 0.25) is 10.0 Å². The number of halogens is 2. The summed E-state index contributed by atoms with van der Waals surface area (Å²) in [6.07, 6.45) is 5.59. The first-order valence-electron chi connectivity index (χ1n) is 7.30. The van der Waals surface area contributed by atoms with Gasteiger partial charge in [-0.05, 0) is 80.6 Å². The zero-order chi connectivity index (χ0) is 13.4. The molecule has 0 amide bonds.